The van der Waals surface area contributed by atoms with E-state index in [1.165, 1.54) is 18.6 Å². The lowest BCUT2D eigenvalue weighted by Gasteiger charge is -2.05. The van der Waals surface area contributed by atoms with E-state index in [2.05, 4.69) is 9.97 Å². The van der Waals surface area contributed by atoms with E-state index >= 15 is 0 Å². The van der Waals surface area contributed by atoms with Crippen molar-refractivity contribution in [1.82, 2.24) is 9.97 Å². The van der Waals surface area contributed by atoms with Crippen molar-refractivity contribution in [2.45, 2.75) is 24.7 Å². The zero-order valence-electron chi connectivity index (χ0n) is 7.31. The maximum Gasteiger partial charge on any atom is 0.141 e. The highest BCUT2D eigenvalue weighted by molar-refractivity contribution is 7.99. The summed E-state index contributed by atoms with van der Waals surface area (Å²) < 4.78 is 0. The molecule has 1 fully saturated rings. The highest BCUT2D eigenvalue weighted by Crippen LogP contribution is 2.37. The zero-order valence-corrected chi connectivity index (χ0v) is 8.13. The molecular formula is C9H12N2OS. The third-order valence-corrected chi connectivity index (χ3v) is 3.50. The van der Waals surface area contributed by atoms with Crippen LogP contribution in [0.15, 0.2) is 12.4 Å². The minimum atomic E-state index is 0.0259. The summed E-state index contributed by atoms with van der Waals surface area (Å²) in [5.74, 6) is 2.13. The van der Waals surface area contributed by atoms with Crippen LogP contribution in [0, 0.1) is 0 Å². The summed E-state index contributed by atoms with van der Waals surface area (Å²) in [5, 5.41) is 9.29. The molecule has 4 heteroatoms. The third-order valence-electron chi connectivity index (χ3n) is 2.13. The molecule has 0 aromatic carbocycles. The van der Waals surface area contributed by atoms with Crippen molar-refractivity contribution in [2.24, 2.45) is 0 Å². The molecule has 70 valence electrons. The van der Waals surface area contributed by atoms with Crippen molar-refractivity contribution < 1.29 is 5.11 Å². The Morgan fingerprint density at radius 1 is 1.46 bits per heavy atom. The normalized spacial score (nSPS) is 22.1. The molecule has 1 N–H and O–H groups in total. The highest BCUT2D eigenvalue weighted by Gasteiger charge is 2.19. The number of aliphatic hydroxyl groups is 1. The number of rotatable bonds is 2. The smallest absolute Gasteiger partial charge is 0.141 e. The molecule has 1 unspecified atom stereocenters. The fourth-order valence-corrected chi connectivity index (χ4v) is 2.62. The van der Waals surface area contributed by atoms with Crippen molar-refractivity contribution in [3.63, 3.8) is 0 Å². The van der Waals surface area contributed by atoms with Crippen LogP contribution in [-0.2, 0) is 6.61 Å². The van der Waals surface area contributed by atoms with E-state index in [0.29, 0.717) is 5.25 Å². The molecule has 1 aromatic heterocycles. The lowest BCUT2D eigenvalue weighted by molar-refractivity contribution is 0.280. The molecule has 0 bridgehead atoms. The molecule has 2 heterocycles. The number of hydrogen-bond donors (Lipinski definition) is 1. The fraction of sp³-hybridized carbons (Fsp3) is 0.556. The maximum absolute atomic E-state index is 8.81. The van der Waals surface area contributed by atoms with Gasteiger partial charge in [0.05, 0.1) is 11.9 Å². The molecule has 2 rings (SSSR count). The molecule has 1 aromatic rings. The van der Waals surface area contributed by atoms with Gasteiger partial charge in [0.1, 0.15) is 5.82 Å². The Kier molecular flexibility index (Phi) is 2.80. The molecule has 0 amide bonds. The summed E-state index contributed by atoms with van der Waals surface area (Å²) in [6, 6.07) is 0. The van der Waals surface area contributed by atoms with Gasteiger partial charge in [-0.15, -0.1) is 0 Å². The van der Waals surface area contributed by atoms with E-state index < -0.39 is 0 Å². The number of thioether (sulfide) groups is 1. The van der Waals surface area contributed by atoms with Gasteiger partial charge < -0.3 is 5.11 Å². The summed E-state index contributed by atoms with van der Waals surface area (Å²) in [5.41, 5.74) is 0.784. The molecule has 3 nitrogen and oxygen atoms in total. The van der Waals surface area contributed by atoms with E-state index in [1.807, 2.05) is 11.8 Å². The Bertz CT molecular complexity index is 269. The van der Waals surface area contributed by atoms with Crippen LogP contribution in [0.1, 0.15) is 29.5 Å². The second-order valence-corrected chi connectivity index (χ2v) is 4.42. The van der Waals surface area contributed by atoms with Crippen LogP contribution in [0.4, 0.5) is 0 Å². The SMILES string of the molecule is OCc1cnc(C2CCCS2)nc1. The molecule has 1 saturated heterocycles. The number of hydrogen-bond acceptors (Lipinski definition) is 4. The quantitative estimate of drug-likeness (QED) is 0.779. The predicted molar refractivity (Wildman–Crippen MR) is 52.4 cm³/mol. The summed E-state index contributed by atoms with van der Waals surface area (Å²) >= 11 is 1.92. The van der Waals surface area contributed by atoms with Gasteiger partial charge in [0.25, 0.3) is 0 Å². The standard InChI is InChI=1S/C9H12N2OS/c12-6-7-4-10-9(11-5-7)8-2-1-3-13-8/h4-5,8,12H,1-3,6H2. The van der Waals surface area contributed by atoms with Gasteiger partial charge in [-0.2, -0.15) is 11.8 Å². The van der Waals surface area contributed by atoms with Crippen molar-refractivity contribution in [2.75, 3.05) is 5.75 Å². The Balaban J connectivity index is 2.12. The van der Waals surface area contributed by atoms with Crippen LogP contribution < -0.4 is 0 Å². The number of aliphatic hydroxyl groups excluding tert-OH is 1. The monoisotopic (exact) mass is 196 g/mol. The lowest BCUT2D eigenvalue weighted by Crippen LogP contribution is -1.98. The molecule has 0 spiro atoms. The van der Waals surface area contributed by atoms with Gasteiger partial charge in [-0.3, -0.25) is 0 Å². The molecule has 0 saturated carbocycles. The Hall–Kier alpha value is -0.610. The lowest BCUT2D eigenvalue weighted by atomic mass is 10.2. The Morgan fingerprint density at radius 2 is 2.23 bits per heavy atom. The van der Waals surface area contributed by atoms with Gasteiger partial charge >= 0.3 is 0 Å². The average Bonchev–Trinajstić information content (AvgIpc) is 2.71. The minimum Gasteiger partial charge on any atom is -0.392 e. The molecule has 1 aliphatic heterocycles. The first kappa shape index (κ1) is 8.97. The largest absolute Gasteiger partial charge is 0.392 e. The van der Waals surface area contributed by atoms with E-state index in [9.17, 15) is 0 Å². The van der Waals surface area contributed by atoms with Gasteiger partial charge in [0.2, 0.25) is 0 Å². The van der Waals surface area contributed by atoms with Crippen molar-refractivity contribution >= 4 is 11.8 Å². The van der Waals surface area contributed by atoms with E-state index in [4.69, 9.17) is 5.11 Å². The summed E-state index contributed by atoms with van der Waals surface area (Å²) in [4.78, 5) is 8.48. The minimum absolute atomic E-state index is 0.0259. The predicted octanol–water partition coefficient (Wildman–Crippen LogP) is 1.54. The average molecular weight is 196 g/mol. The Morgan fingerprint density at radius 3 is 2.77 bits per heavy atom. The van der Waals surface area contributed by atoms with Gasteiger partial charge in [-0.25, -0.2) is 9.97 Å². The molecule has 0 radical (unpaired) electrons. The fourth-order valence-electron chi connectivity index (χ4n) is 1.39. The second-order valence-electron chi connectivity index (χ2n) is 3.11. The van der Waals surface area contributed by atoms with Gasteiger partial charge in [-0.1, -0.05) is 0 Å². The molecule has 13 heavy (non-hydrogen) atoms. The molecule has 1 aliphatic rings. The number of nitrogens with zero attached hydrogens (tertiary/aromatic N) is 2. The summed E-state index contributed by atoms with van der Waals surface area (Å²) in [6.07, 6.45) is 5.87. The van der Waals surface area contributed by atoms with E-state index in [1.54, 1.807) is 12.4 Å². The van der Waals surface area contributed by atoms with Crippen molar-refractivity contribution in [1.29, 1.82) is 0 Å². The summed E-state index contributed by atoms with van der Waals surface area (Å²) in [6.45, 7) is 0.0259. The van der Waals surface area contributed by atoms with Crippen LogP contribution >= 0.6 is 11.8 Å². The molecule has 1 atom stereocenters. The number of aromatic nitrogens is 2. The van der Waals surface area contributed by atoms with E-state index in [0.717, 1.165) is 11.4 Å². The first-order valence-corrected chi connectivity index (χ1v) is 5.48. The van der Waals surface area contributed by atoms with Gasteiger partial charge in [0.15, 0.2) is 0 Å². The first-order valence-electron chi connectivity index (χ1n) is 4.43. The Labute approximate surface area is 81.6 Å². The maximum atomic E-state index is 8.81. The van der Waals surface area contributed by atoms with E-state index in [-0.39, 0.29) is 6.61 Å². The van der Waals surface area contributed by atoms with Gasteiger partial charge in [-0.05, 0) is 18.6 Å². The van der Waals surface area contributed by atoms with Crippen LogP contribution in [0.2, 0.25) is 0 Å². The van der Waals surface area contributed by atoms with Crippen molar-refractivity contribution in [3.8, 4) is 0 Å². The molecular weight excluding hydrogens is 184 g/mol. The van der Waals surface area contributed by atoms with Crippen LogP contribution in [0.25, 0.3) is 0 Å². The highest BCUT2D eigenvalue weighted by atomic mass is 32.2. The molecule has 0 aliphatic carbocycles. The van der Waals surface area contributed by atoms with Crippen molar-refractivity contribution in [3.05, 3.63) is 23.8 Å². The second kappa shape index (κ2) is 4.07. The topological polar surface area (TPSA) is 46.0 Å². The van der Waals surface area contributed by atoms with Gasteiger partial charge in [0, 0.05) is 18.0 Å². The zero-order chi connectivity index (χ0) is 9.10. The third kappa shape index (κ3) is 2.00. The first-order chi connectivity index (χ1) is 6.40. The van der Waals surface area contributed by atoms with Crippen LogP contribution in [0.3, 0.4) is 0 Å². The summed E-state index contributed by atoms with van der Waals surface area (Å²) in [7, 11) is 0. The van der Waals surface area contributed by atoms with Crippen LogP contribution in [0.5, 0.6) is 0 Å². The van der Waals surface area contributed by atoms with Crippen LogP contribution in [-0.4, -0.2) is 20.8 Å².